The molecule has 86 valence electrons. The van der Waals surface area contributed by atoms with Crippen molar-refractivity contribution >= 4 is 0 Å². The van der Waals surface area contributed by atoms with Crippen LogP contribution in [0.25, 0.3) is 0 Å². The van der Waals surface area contributed by atoms with E-state index < -0.39 is 0 Å². The van der Waals surface area contributed by atoms with Crippen LogP contribution in [0, 0.1) is 11.3 Å². The number of rotatable bonds is 5. The monoisotopic (exact) mass is 220 g/mol. The Bertz CT molecular complexity index is 385. The van der Waals surface area contributed by atoms with Gasteiger partial charge < -0.3 is 14.8 Å². The van der Waals surface area contributed by atoms with Crippen molar-refractivity contribution in [2.24, 2.45) is 0 Å². The summed E-state index contributed by atoms with van der Waals surface area (Å²) in [5.41, 5.74) is 0.936. The maximum atomic E-state index is 8.76. The van der Waals surface area contributed by atoms with Crippen LogP contribution in [0.5, 0.6) is 11.5 Å². The number of hydrogen-bond donors (Lipinski definition) is 1. The number of benzene rings is 1. The van der Waals surface area contributed by atoms with Crippen LogP contribution in [0.2, 0.25) is 0 Å². The van der Waals surface area contributed by atoms with Gasteiger partial charge in [0.25, 0.3) is 0 Å². The minimum Gasteiger partial charge on any atom is -0.497 e. The third-order valence-electron chi connectivity index (χ3n) is 2.46. The van der Waals surface area contributed by atoms with Crippen molar-refractivity contribution in [3.8, 4) is 17.6 Å². The van der Waals surface area contributed by atoms with Crippen molar-refractivity contribution in [2.75, 3.05) is 21.3 Å². The number of ether oxygens (including phenoxy) is 2. The van der Waals surface area contributed by atoms with E-state index in [0.29, 0.717) is 6.42 Å². The normalized spacial score (nSPS) is 11.6. The van der Waals surface area contributed by atoms with E-state index in [1.165, 1.54) is 0 Å². The lowest BCUT2D eigenvalue weighted by Crippen LogP contribution is -2.16. The van der Waals surface area contributed by atoms with Gasteiger partial charge in [-0.25, -0.2) is 0 Å². The van der Waals surface area contributed by atoms with Gasteiger partial charge in [0, 0.05) is 11.6 Å². The summed E-state index contributed by atoms with van der Waals surface area (Å²) in [7, 11) is 5.05. The van der Waals surface area contributed by atoms with Gasteiger partial charge in [0.05, 0.1) is 26.7 Å². The van der Waals surface area contributed by atoms with E-state index >= 15 is 0 Å². The summed E-state index contributed by atoms with van der Waals surface area (Å²) in [6.45, 7) is 0. The standard InChI is InChI=1S/C12H16N2O2/c1-14-11(6-7-13)10-8-9(15-2)4-5-12(10)16-3/h4-5,8,11,14H,6H2,1-3H3. The van der Waals surface area contributed by atoms with Crippen LogP contribution in [0.15, 0.2) is 18.2 Å². The molecule has 0 saturated carbocycles. The molecule has 1 N–H and O–H groups in total. The smallest absolute Gasteiger partial charge is 0.123 e. The first kappa shape index (κ1) is 12.3. The van der Waals surface area contributed by atoms with Gasteiger partial charge in [-0.1, -0.05) is 0 Å². The summed E-state index contributed by atoms with van der Waals surface area (Å²) in [4.78, 5) is 0. The van der Waals surface area contributed by atoms with E-state index in [9.17, 15) is 0 Å². The highest BCUT2D eigenvalue weighted by atomic mass is 16.5. The SMILES string of the molecule is CNC(CC#N)c1cc(OC)ccc1OC. The summed E-state index contributed by atoms with van der Waals surface area (Å²) in [5, 5.41) is 11.8. The second kappa shape index (κ2) is 5.99. The van der Waals surface area contributed by atoms with E-state index in [4.69, 9.17) is 14.7 Å². The molecule has 0 amide bonds. The first-order valence-corrected chi connectivity index (χ1v) is 5.03. The Hall–Kier alpha value is -1.73. The Morgan fingerprint density at radius 3 is 2.62 bits per heavy atom. The number of nitriles is 1. The fourth-order valence-electron chi connectivity index (χ4n) is 1.57. The Morgan fingerprint density at radius 2 is 2.12 bits per heavy atom. The zero-order valence-corrected chi connectivity index (χ0v) is 9.78. The lowest BCUT2D eigenvalue weighted by Gasteiger charge is -2.17. The lowest BCUT2D eigenvalue weighted by atomic mass is 10.0. The van der Waals surface area contributed by atoms with Gasteiger partial charge in [0.15, 0.2) is 0 Å². The quantitative estimate of drug-likeness (QED) is 0.823. The topological polar surface area (TPSA) is 54.3 Å². The van der Waals surface area contributed by atoms with Crippen LogP contribution in [0.3, 0.4) is 0 Å². The lowest BCUT2D eigenvalue weighted by molar-refractivity contribution is 0.392. The second-order valence-electron chi connectivity index (χ2n) is 3.31. The van der Waals surface area contributed by atoms with Gasteiger partial charge >= 0.3 is 0 Å². The molecule has 1 rings (SSSR count). The van der Waals surface area contributed by atoms with Crippen LogP contribution in [0.1, 0.15) is 18.0 Å². The Kier molecular flexibility index (Phi) is 4.62. The molecule has 0 spiro atoms. The fraction of sp³-hybridized carbons (Fsp3) is 0.417. The highest BCUT2D eigenvalue weighted by molar-refractivity contribution is 5.42. The summed E-state index contributed by atoms with van der Waals surface area (Å²) in [6, 6.07) is 7.67. The van der Waals surface area contributed by atoms with Gasteiger partial charge in [-0.05, 0) is 25.2 Å². The largest absolute Gasteiger partial charge is 0.497 e. The van der Waals surface area contributed by atoms with Crippen molar-refractivity contribution in [2.45, 2.75) is 12.5 Å². The minimum absolute atomic E-state index is 0.0463. The van der Waals surface area contributed by atoms with Crippen LogP contribution >= 0.6 is 0 Å². The van der Waals surface area contributed by atoms with Gasteiger partial charge in [-0.2, -0.15) is 5.26 Å². The molecule has 1 aromatic carbocycles. The van der Waals surface area contributed by atoms with Gasteiger partial charge in [0.2, 0.25) is 0 Å². The molecule has 0 heterocycles. The van der Waals surface area contributed by atoms with Crippen molar-refractivity contribution in [1.82, 2.24) is 5.32 Å². The predicted octanol–water partition coefficient (Wildman–Crippen LogP) is 1.88. The highest BCUT2D eigenvalue weighted by Crippen LogP contribution is 2.30. The van der Waals surface area contributed by atoms with Gasteiger partial charge in [0.1, 0.15) is 11.5 Å². The van der Waals surface area contributed by atoms with Gasteiger partial charge in [-0.3, -0.25) is 0 Å². The van der Waals surface area contributed by atoms with Crippen LogP contribution in [0.4, 0.5) is 0 Å². The molecule has 0 aliphatic heterocycles. The van der Waals surface area contributed by atoms with E-state index in [2.05, 4.69) is 11.4 Å². The summed E-state index contributed by atoms with van der Waals surface area (Å²) in [5.74, 6) is 1.52. The van der Waals surface area contributed by atoms with Crippen LogP contribution in [-0.4, -0.2) is 21.3 Å². The molecular weight excluding hydrogens is 204 g/mol. The molecule has 0 aliphatic rings. The second-order valence-corrected chi connectivity index (χ2v) is 3.31. The number of methoxy groups -OCH3 is 2. The molecule has 4 nitrogen and oxygen atoms in total. The van der Waals surface area contributed by atoms with E-state index in [1.54, 1.807) is 14.2 Å². The van der Waals surface area contributed by atoms with Crippen molar-refractivity contribution in [3.63, 3.8) is 0 Å². The third kappa shape index (κ3) is 2.65. The van der Waals surface area contributed by atoms with Gasteiger partial charge in [-0.15, -0.1) is 0 Å². The Morgan fingerprint density at radius 1 is 1.38 bits per heavy atom. The molecule has 0 aliphatic carbocycles. The minimum atomic E-state index is -0.0463. The summed E-state index contributed by atoms with van der Waals surface area (Å²) in [6.07, 6.45) is 0.389. The Balaban J connectivity index is 3.11. The highest BCUT2D eigenvalue weighted by Gasteiger charge is 2.14. The van der Waals surface area contributed by atoms with E-state index in [1.807, 2.05) is 25.2 Å². The van der Waals surface area contributed by atoms with E-state index in [-0.39, 0.29) is 6.04 Å². The zero-order valence-electron chi connectivity index (χ0n) is 9.78. The molecule has 0 saturated heterocycles. The molecule has 0 radical (unpaired) electrons. The average molecular weight is 220 g/mol. The predicted molar refractivity (Wildman–Crippen MR) is 61.6 cm³/mol. The first-order chi connectivity index (χ1) is 7.76. The Labute approximate surface area is 95.8 Å². The molecule has 4 heteroatoms. The molecular formula is C12H16N2O2. The average Bonchev–Trinajstić information content (AvgIpc) is 2.35. The van der Waals surface area contributed by atoms with Crippen LogP contribution in [-0.2, 0) is 0 Å². The molecule has 0 fully saturated rings. The molecule has 1 unspecified atom stereocenters. The molecule has 0 bridgehead atoms. The molecule has 0 aromatic heterocycles. The van der Waals surface area contributed by atoms with Crippen molar-refractivity contribution in [1.29, 1.82) is 5.26 Å². The fourth-order valence-corrected chi connectivity index (χ4v) is 1.57. The maximum Gasteiger partial charge on any atom is 0.123 e. The van der Waals surface area contributed by atoms with E-state index in [0.717, 1.165) is 17.1 Å². The summed E-state index contributed by atoms with van der Waals surface area (Å²) >= 11 is 0. The number of nitrogens with zero attached hydrogens (tertiary/aromatic N) is 1. The van der Waals surface area contributed by atoms with Crippen LogP contribution < -0.4 is 14.8 Å². The molecule has 1 aromatic rings. The van der Waals surface area contributed by atoms with Crippen molar-refractivity contribution < 1.29 is 9.47 Å². The number of nitrogens with one attached hydrogen (secondary N) is 1. The first-order valence-electron chi connectivity index (χ1n) is 5.03. The zero-order chi connectivity index (χ0) is 12.0. The summed E-state index contributed by atoms with van der Waals surface area (Å²) < 4.78 is 10.4. The molecule has 16 heavy (non-hydrogen) atoms. The third-order valence-corrected chi connectivity index (χ3v) is 2.46. The van der Waals surface area contributed by atoms with Crippen molar-refractivity contribution in [3.05, 3.63) is 23.8 Å². The molecule has 1 atom stereocenters. The number of hydrogen-bond acceptors (Lipinski definition) is 4. The maximum absolute atomic E-state index is 8.76.